The highest BCUT2D eigenvalue weighted by atomic mass is 35.5. The highest BCUT2D eigenvalue weighted by molar-refractivity contribution is 6.30. The number of halogens is 2. The lowest BCUT2D eigenvalue weighted by molar-refractivity contribution is -0.143. The summed E-state index contributed by atoms with van der Waals surface area (Å²) in [6, 6.07) is 18.8. The fourth-order valence-corrected chi connectivity index (χ4v) is 6.36. The maximum Gasteiger partial charge on any atom is 0.325 e. The molecule has 0 radical (unpaired) electrons. The minimum atomic E-state index is -1.35. The van der Waals surface area contributed by atoms with Gasteiger partial charge in [-0.25, -0.2) is 9.18 Å². The number of rotatable bonds is 7. The molecule has 3 unspecified atom stereocenters. The van der Waals surface area contributed by atoms with Gasteiger partial charge in [0, 0.05) is 37.5 Å². The largest absolute Gasteiger partial charge is 0.343 e. The van der Waals surface area contributed by atoms with Crippen molar-refractivity contribution in [3.63, 3.8) is 0 Å². The van der Waals surface area contributed by atoms with Crippen LogP contribution in [0.4, 0.5) is 9.18 Å². The molecule has 0 aliphatic carbocycles. The predicted molar refractivity (Wildman–Crippen MR) is 158 cm³/mol. The Kier molecular flexibility index (Phi) is 7.89. The van der Waals surface area contributed by atoms with E-state index in [1.165, 1.54) is 17.0 Å². The molecule has 2 saturated heterocycles. The number of benzene rings is 3. The molecule has 43 heavy (non-hydrogen) atoms. The number of amides is 5. The lowest BCUT2D eigenvalue weighted by Gasteiger charge is -2.45. The molecular weight excluding hydrogens is 573 g/mol. The smallest absolute Gasteiger partial charge is 0.325 e. The van der Waals surface area contributed by atoms with Crippen LogP contribution in [0.25, 0.3) is 0 Å². The van der Waals surface area contributed by atoms with E-state index < -0.39 is 35.4 Å². The van der Waals surface area contributed by atoms with Crippen molar-refractivity contribution in [1.82, 2.24) is 25.8 Å². The van der Waals surface area contributed by atoms with Crippen molar-refractivity contribution in [3.05, 3.63) is 106 Å². The lowest BCUT2D eigenvalue weighted by Crippen LogP contribution is -2.67. The van der Waals surface area contributed by atoms with Crippen LogP contribution in [0.3, 0.4) is 0 Å². The molecule has 3 aromatic carbocycles. The van der Waals surface area contributed by atoms with Crippen LogP contribution in [0, 0.1) is 5.82 Å². The minimum Gasteiger partial charge on any atom is -0.343 e. The van der Waals surface area contributed by atoms with Gasteiger partial charge in [-0.15, -0.1) is 0 Å². The van der Waals surface area contributed by atoms with Crippen molar-refractivity contribution < 1.29 is 23.6 Å². The number of imide groups is 1. The first-order chi connectivity index (χ1) is 20.7. The van der Waals surface area contributed by atoms with Crippen LogP contribution in [0.1, 0.15) is 22.3 Å². The number of hydrogen-bond donors (Lipinski definition) is 3. The van der Waals surface area contributed by atoms with Gasteiger partial charge in [0.1, 0.15) is 17.4 Å². The summed E-state index contributed by atoms with van der Waals surface area (Å²) in [4.78, 5) is 56.7. The van der Waals surface area contributed by atoms with Gasteiger partial charge in [0.25, 0.3) is 5.91 Å². The van der Waals surface area contributed by atoms with Crippen molar-refractivity contribution >= 4 is 35.4 Å². The molecule has 5 amide bonds. The van der Waals surface area contributed by atoms with Crippen molar-refractivity contribution in [2.75, 3.05) is 19.6 Å². The molecule has 2 fully saturated rings. The van der Waals surface area contributed by atoms with Crippen LogP contribution in [0.15, 0.2) is 72.8 Å². The highest BCUT2D eigenvalue weighted by Crippen LogP contribution is 2.31. The van der Waals surface area contributed by atoms with Crippen molar-refractivity contribution in [2.24, 2.45) is 0 Å². The molecule has 0 spiro atoms. The summed E-state index contributed by atoms with van der Waals surface area (Å²) >= 11 is 6.08. The topological polar surface area (TPSA) is 111 Å². The normalized spacial score (nSPS) is 22.0. The Hall–Kier alpha value is -4.28. The molecule has 9 nitrogen and oxygen atoms in total. The average molecular weight is 604 g/mol. The zero-order chi connectivity index (χ0) is 30.1. The first-order valence-electron chi connectivity index (χ1n) is 14.2. The Morgan fingerprint density at radius 2 is 1.67 bits per heavy atom. The van der Waals surface area contributed by atoms with Crippen LogP contribution in [0.5, 0.6) is 0 Å². The maximum atomic E-state index is 14.2. The summed E-state index contributed by atoms with van der Waals surface area (Å²) in [6.07, 6.45) is 0.807. The van der Waals surface area contributed by atoms with Gasteiger partial charge in [0.2, 0.25) is 11.8 Å². The van der Waals surface area contributed by atoms with Gasteiger partial charge in [-0.05, 0) is 52.9 Å². The predicted octanol–water partition coefficient (Wildman–Crippen LogP) is 2.60. The maximum absolute atomic E-state index is 14.2. The molecule has 3 atom stereocenters. The van der Waals surface area contributed by atoms with Gasteiger partial charge in [0.15, 0.2) is 0 Å². The highest BCUT2D eigenvalue weighted by Gasteiger charge is 2.56. The van der Waals surface area contributed by atoms with Crippen molar-refractivity contribution in [1.29, 1.82) is 0 Å². The van der Waals surface area contributed by atoms with Crippen LogP contribution < -0.4 is 16.0 Å². The average Bonchev–Trinajstić information content (AvgIpc) is 3.26. The Bertz CT molecular complexity index is 1570. The fraction of sp³-hybridized carbons (Fsp3) is 0.312. The molecule has 11 heteroatoms. The zero-order valence-corrected chi connectivity index (χ0v) is 24.1. The molecule has 3 aliphatic heterocycles. The van der Waals surface area contributed by atoms with Crippen LogP contribution in [0.2, 0.25) is 5.02 Å². The van der Waals surface area contributed by atoms with E-state index in [-0.39, 0.29) is 44.3 Å². The number of nitrogens with zero attached hydrogens (tertiary/aromatic N) is 2. The minimum absolute atomic E-state index is 0.0666. The number of nitrogens with one attached hydrogen (secondary N) is 3. The number of fused-ring (bicyclic) bond motifs is 2. The van der Waals surface area contributed by atoms with Crippen LogP contribution >= 0.6 is 11.6 Å². The number of hydrogen-bond acceptors (Lipinski definition) is 5. The number of carbonyl (C=O) groups excluding carboxylic acids is 4. The summed E-state index contributed by atoms with van der Waals surface area (Å²) in [7, 11) is 0. The monoisotopic (exact) mass is 603 g/mol. The molecule has 3 heterocycles. The third-order valence-electron chi connectivity index (χ3n) is 8.54. The Labute approximate surface area is 253 Å². The Balaban J connectivity index is 1.25. The summed E-state index contributed by atoms with van der Waals surface area (Å²) in [5.41, 5.74) is 2.32. The molecule has 3 N–H and O–H groups in total. The van der Waals surface area contributed by atoms with Gasteiger partial charge in [-0.2, -0.15) is 0 Å². The van der Waals surface area contributed by atoms with E-state index in [9.17, 15) is 23.6 Å². The molecule has 0 bridgehead atoms. The second-order valence-corrected chi connectivity index (χ2v) is 11.7. The second kappa shape index (κ2) is 11.8. The molecule has 0 aromatic heterocycles. The summed E-state index contributed by atoms with van der Waals surface area (Å²) < 4.78 is 13.6. The number of urea groups is 1. The molecule has 3 aromatic rings. The quantitative estimate of drug-likeness (QED) is 0.360. The van der Waals surface area contributed by atoms with Gasteiger partial charge >= 0.3 is 6.03 Å². The lowest BCUT2D eigenvalue weighted by atomic mass is 9.86. The van der Waals surface area contributed by atoms with Gasteiger partial charge in [0.05, 0.1) is 12.6 Å². The summed E-state index contributed by atoms with van der Waals surface area (Å²) in [5, 5.41) is 9.19. The molecule has 0 saturated carbocycles. The first-order valence-corrected chi connectivity index (χ1v) is 14.6. The van der Waals surface area contributed by atoms with E-state index >= 15 is 0 Å². The molecule has 3 aliphatic rings. The number of carbonyl (C=O) groups is 4. The number of piperazine rings is 1. The van der Waals surface area contributed by atoms with E-state index in [1.54, 1.807) is 41.3 Å². The third kappa shape index (κ3) is 5.85. The van der Waals surface area contributed by atoms with E-state index in [0.29, 0.717) is 23.6 Å². The van der Waals surface area contributed by atoms with Crippen molar-refractivity contribution in [3.8, 4) is 0 Å². The summed E-state index contributed by atoms with van der Waals surface area (Å²) in [6.45, 7) is 0.795. The fourth-order valence-electron chi connectivity index (χ4n) is 6.23. The van der Waals surface area contributed by atoms with Crippen LogP contribution in [-0.4, -0.2) is 70.8 Å². The van der Waals surface area contributed by atoms with E-state index in [1.807, 2.05) is 24.3 Å². The van der Waals surface area contributed by atoms with Gasteiger partial charge < -0.3 is 20.4 Å². The van der Waals surface area contributed by atoms with E-state index in [2.05, 4.69) is 16.0 Å². The standard InChI is InChI=1S/C32H31ClFN5O4/c33-24-9-5-20(6-10-24)15-27(36-28(40)26-16-22-3-1-2-4-23(22)18-35-26)29(41)38-13-14-39-31(43)37-30(42)32(39,19-38)17-21-7-11-25(34)12-8-21/h1-12,26-27,35H,13-19H2,(H,36,40)(H,37,42,43). The second-order valence-electron chi connectivity index (χ2n) is 11.3. The Morgan fingerprint density at radius 3 is 2.42 bits per heavy atom. The van der Waals surface area contributed by atoms with E-state index in [0.717, 1.165) is 16.7 Å². The molecular formula is C32H31ClFN5O4. The van der Waals surface area contributed by atoms with Crippen molar-refractivity contribution in [2.45, 2.75) is 43.4 Å². The SMILES string of the molecule is O=C(NC(Cc1ccc(Cl)cc1)C(=O)N1CCN2C(=O)NC(=O)C2(Cc2ccc(F)cc2)C1)C1Cc2ccccc2CN1. The molecule has 6 rings (SSSR count). The zero-order valence-electron chi connectivity index (χ0n) is 23.3. The first kappa shape index (κ1) is 28.8. The summed E-state index contributed by atoms with van der Waals surface area (Å²) in [5.74, 6) is -1.58. The van der Waals surface area contributed by atoms with E-state index in [4.69, 9.17) is 11.6 Å². The van der Waals surface area contributed by atoms with Gasteiger partial charge in [-0.1, -0.05) is 60.1 Å². The molecule has 222 valence electrons. The van der Waals surface area contributed by atoms with Crippen LogP contribution in [-0.2, 0) is 40.2 Å². The Morgan fingerprint density at radius 1 is 0.977 bits per heavy atom. The third-order valence-corrected chi connectivity index (χ3v) is 8.79. The van der Waals surface area contributed by atoms with Gasteiger partial charge in [-0.3, -0.25) is 19.7 Å².